The number of rotatable bonds is 17. The first-order chi connectivity index (χ1) is 28.3. The summed E-state index contributed by atoms with van der Waals surface area (Å²) in [6.45, 7) is 7.57. The standard InChI is InChI=1S/C50H79N3O6/c1-4-5-6-9-34-12-13-38(46(56)27-34)10-7-8-11-39-16-19-42(44-29-40(31-53-44)33(3)24-32(2)37-14-17-41(54)18-15-37)43-26-36(25-35-21-23-52-47(51)28-35)30-50(43,59)22-20-45(55)48(39)49(57)58/h12-13,21,28-29,31-34,36-39,42-43,45-46,48,52-53,55-56,59H,4-11,14-20,22-27,30,51H2,1-3H3,(H,57,58)/t32-,33+,34+,36-,38+,39-,42+,43-,45-,46+,48-,50-/m0/s1. The summed E-state index contributed by atoms with van der Waals surface area (Å²) >= 11 is 0. The Morgan fingerprint density at radius 1 is 0.966 bits per heavy atom. The predicted molar refractivity (Wildman–Crippen MR) is 235 cm³/mol. The van der Waals surface area contributed by atoms with E-state index in [2.05, 4.69) is 61.6 Å². The number of carbonyl (C=O) groups is 2. The Kier molecular flexibility index (Phi) is 16.5. The smallest absolute Gasteiger partial charge is 0.309 e. The fourth-order valence-electron chi connectivity index (χ4n) is 12.4. The number of aliphatic hydroxyl groups is 3. The Bertz CT molecular complexity index is 1610. The summed E-state index contributed by atoms with van der Waals surface area (Å²) in [4.78, 5) is 28.7. The molecule has 0 bridgehead atoms. The summed E-state index contributed by atoms with van der Waals surface area (Å²) in [6, 6.07) is 2.33. The van der Waals surface area contributed by atoms with Crippen molar-refractivity contribution in [2.24, 2.45) is 53.1 Å². The Labute approximate surface area is 355 Å². The van der Waals surface area contributed by atoms with Gasteiger partial charge in [0.05, 0.1) is 29.5 Å². The summed E-state index contributed by atoms with van der Waals surface area (Å²) in [5.74, 6) is 1.36. The highest BCUT2D eigenvalue weighted by atomic mass is 16.4. The van der Waals surface area contributed by atoms with Crippen LogP contribution in [0.1, 0.15) is 179 Å². The number of ketones is 1. The maximum absolute atomic E-state index is 13.0. The lowest BCUT2D eigenvalue weighted by Crippen LogP contribution is -2.42. The van der Waals surface area contributed by atoms with Gasteiger partial charge in [-0.1, -0.05) is 71.1 Å². The average molecular weight is 818 g/mol. The highest BCUT2D eigenvalue weighted by Gasteiger charge is 2.51. The van der Waals surface area contributed by atoms with Crippen LogP contribution in [-0.4, -0.2) is 61.5 Å². The molecule has 9 nitrogen and oxygen atoms in total. The number of Topliss-reactive ketones (excluding diaryl/α,β-unsaturated/α-hetero) is 1. The monoisotopic (exact) mass is 818 g/mol. The van der Waals surface area contributed by atoms with Crippen LogP contribution in [-0.2, 0) is 9.59 Å². The molecule has 330 valence electrons. The average Bonchev–Trinajstić information content (AvgIpc) is 3.81. The molecular formula is C50H79N3O6. The lowest BCUT2D eigenvalue weighted by Gasteiger charge is -2.39. The van der Waals surface area contributed by atoms with Gasteiger partial charge in [-0.15, -0.1) is 0 Å². The van der Waals surface area contributed by atoms with Gasteiger partial charge in [0.2, 0.25) is 0 Å². The number of carbonyl (C=O) groups excluding carboxylic acids is 1. The van der Waals surface area contributed by atoms with Crippen LogP contribution < -0.4 is 11.1 Å². The van der Waals surface area contributed by atoms with Gasteiger partial charge < -0.3 is 36.5 Å². The number of nitrogens with one attached hydrogen (secondary N) is 2. The molecule has 2 heterocycles. The highest BCUT2D eigenvalue weighted by molar-refractivity contribution is 5.79. The molecule has 0 aromatic carbocycles. The van der Waals surface area contributed by atoms with E-state index < -0.39 is 23.6 Å². The summed E-state index contributed by atoms with van der Waals surface area (Å²) in [5.41, 5.74) is 8.72. The van der Waals surface area contributed by atoms with E-state index in [1.54, 1.807) is 0 Å². The minimum atomic E-state index is -1.03. The molecule has 6 rings (SSSR count). The third-order valence-electron chi connectivity index (χ3n) is 15.9. The predicted octanol–water partition coefficient (Wildman–Crippen LogP) is 9.41. The Hall–Kier alpha value is -2.88. The summed E-state index contributed by atoms with van der Waals surface area (Å²) < 4.78 is 0. The normalized spacial score (nSPS) is 34.3. The number of dihydropyridines is 1. The molecule has 1 aromatic heterocycles. The van der Waals surface area contributed by atoms with Crippen LogP contribution in [0.3, 0.4) is 0 Å². The maximum atomic E-state index is 13.0. The minimum absolute atomic E-state index is 0.0235. The number of hydrogen-bond donors (Lipinski definition) is 7. The van der Waals surface area contributed by atoms with Gasteiger partial charge in [0.1, 0.15) is 5.78 Å². The van der Waals surface area contributed by atoms with Crippen LogP contribution >= 0.6 is 0 Å². The fraction of sp³-hybridized carbons (Fsp3) is 0.760. The number of aromatic amines is 1. The van der Waals surface area contributed by atoms with Crippen molar-refractivity contribution in [3.63, 3.8) is 0 Å². The van der Waals surface area contributed by atoms with Crippen LogP contribution in [0.15, 0.2) is 48.0 Å². The number of carboxylic acid groups (broad SMARTS) is 1. The lowest BCUT2D eigenvalue weighted by atomic mass is 9.69. The zero-order valence-electron chi connectivity index (χ0n) is 36.6. The molecule has 12 atom stereocenters. The lowest BCUT2D eigenvalue weighted by molar-refractivity contribution is -0.150. The number of aliphatic carboxylic acids is 1. The number of aliphatic hydroxyl groups excluding tert-OH is 2. The fourth-order valence-corrected chi connectivity index (χ4v) is 12.4. The van der Waals surface area contributed by atoms with E-state index in [1.807, 2.05) is 6.08 Å². The van der Waals surface area contributed by atoms with Gasteiger partial charge in [0.15, 0.2) is 0 Å². The first-order valence-corrected chi connectivity index (χ1v) is 23.9. The molecule has 0 saturated heterocycles. The van der Waals surface area contributed by atoms with E-state index in [1.165, 1.54) is 30.4 Å². The molecule has 1 aliphatic heterocycles. The molecule has 4 aliphatic carbocycles. The van der Waals surface area contributed by atoms with E-state index >= 15 is 0 Å². The van der Waals surface area contributed by atoms with Crippen molar-refractivity contribution in [2.45, 2.75) is 185 Å². The van der Waals surface area contributed by atoms with Crippen molar-refractivity contribution in [3.8, 4) is 0 Å². The molecule has 3 fully saturated rings. The van der Waals surface area contributed by atoms with Crippen LogP contribution in [0, 0.1) is 47.3 Å². The number of nitrogens with two attached hydrogens (primary N) is 1. The second-order valence-corrected chi connectivity index (χ2v) is 20.2. The molecular weight excluding hydrogens is 739 g/mol. The topological polar surface area (TPSA) is 169 Å². The zero-order chi connectivity index (χ0) is 42.1. The summed E-state index contributed by atoms with van der Waals surface area (Å²) in [5, 5.41) is 49.2. The van der Waals surface area contributed by atoms with E-state index in [9.17, 15) is 30.0 Å². The molecule has 0 unspecified atom stereocenters. The van der Waals surface area contributed by atoms with Crippen LogP contribution in [0.5, 0.6) is 0 Å². The van der Waals surface area contributed by atoms with Crippen molar-refractivity contribution in [1.29, 1.82) is 0 Å². The van der Waals surface area contributed by atoms with Gasteiger partial charge in [-0.05, 0) is 155 Å². The summed E-state index contributed by atoms with van der Waals surface area (Å²) in [6.07, 6.45) is 27.4. The largest absolute Gasteiger partial charge is 0.481 e. The summed E-state index contributed by atoms with van der Waals surface area (Å²) in [7, 11) is 0. The van der Waals surface area contributed by atoms with E-state index in [-0.39, 0.29) is 42.1 Å². The van der Waals surface area contributed by atoms with E-state index in [4.69, 9.17) is 5.73 Å². The van der Waals surface area contributed by atoms with E-state index in [0.29, 0.717) is 73.9 Å². The van der Waals surface area contributed by atoms with Crippen LogP contribution in [0.4, 0.5) is 0 Å². The molecule has 0 spiro atoms. The SMILES string of the molecule is CCCCC[C@@H]1C=C[C@@H](CCCC[C@H]2CC[C@@H](c3cc([C@H](C)C[C@H](C)C4CCC(=O)CC4)c[nH]3)[C@@H]3C[C@H](CC4=CCNC(N)=C4)C[C@@]3(O)CC[C@H](O)[C@H]2C(=O)O)[C@H](O)C1. The Morgan fingerprint density at radius 3 is 2.46 bits per heavy atom. The highest BCUT2D eigenvalue weighted by Crippen LogP contribution is 2.54. The molecule has 8 N–H and O–H groups in total. The molecule has 5 aliphatic rings. The van der Waals surface area contributed by atoms with Gasteiger partial charge >= 0.3 is 5.97 Å². The number of aromatic nitrogens is 1. The van der Waals surface area contributed by atoms with Gasteiger partial charge in [-0.3, -0.25) is 9.59 Å². The number of fused-ring (bicyclic) bond motifs is 1. The van der Waals surface area contributed by atoms with Crippen molar-refractivity contribution in [3.05, 3.63) is 59.2 Å². The van der Waals surface area contributed by atoms with Gasteiger partial charge in [0.25, 0.3) is 0 Å². The number of carboxylic acids is 1. The second kappa shape index (κ2) is 21.3. The van der Waals surface area contributed by atoms with Crippen LogP contribution in [0.25, 0.3) is 0 Å². The molecule has 59 heavy (non-hydrogen) atoms. The first kappa shape index (κ1) is 45.6. The van der Waals surface area contributed by atoms with Crippen molar-refractivity contribution in [2.75, 3.05) is 6.54 Å². The van der Waals surface area contributed by atoms with Gasteiger partial charge in [-0.25, -0.2) is 0 Å². The zero-order valence-corrected chi connectivity index (χ0v) is 36.6. The second-order valence-electron chi connectivity index (χ2n) is 20.2. The number of H-pyrrole nitrogens is 1. The first-order valence-electron chi connectivity index (χ1n) is 23.9. The quantitative estimate of drug-likeness (QED) is 0.0603. The van der Waals surface area contributed by atoms with Crippen molar-refractivity contribution < 1.29 is 30.0 Å². The van der Waals surface area contributed by atoms with E-state index in [0.717, 1.165) is 82.7 Å². The minimum Gasteiger partial charge on any atom is -0.481 e. The number of hydrogen-bond acceptors (Lipinski definition) is 7. The number of allylic oxidation sites excluding steroid dienone is 3. The molecule has 0 radical (unpaired) electrons. The Morgan fingerprint density at radius 2 is 1.73 bits per heavy atom. The molecule has 0 amide bonds. The van der Waals surface area contributed by atoms with Crippen LogP contribution in [0.2, 0.25) is 0 Å². The maximum Gasteiger partial charge on any atom is 0.309 e. The Balaban J connectivity index is 1.18. The molecule has 1 aromatic rings. The van der Waals surface area contributed by atoms with Gasteiger partial charge in [0, 0.05) is 43.1 Å². The van der Waals surface area contributed by atoms with Crippen molar-refractivity contribution >= 4 is 11.8 Å². The van der Waals surface area contributed by atoms with Gasteiger partial charge in [-0.2, -0.15) is 0 Å². The molecule has 9 heteroatoms. The molecule has 3 saturated carbocycles. The van der Waals surface area contributed by atoms with Crippen molar-refractivity contribution in [1.82, 2.24) is 10.3 Å². The third kappa shape index (κ3) is 12.2. The number of unbranched alkanes of at least 4 members (excludes halogenated alkanes) is 3. The third-order valence-corrected chi connectivity index (χ3v) is 15.9.